The average Bonchev–Trinajstić information content (AvgIpc) is 2.79. The first kappa shape index (κ1) is 23.4. The van der Waals surface area contributed by atoms with Crippen molar-refractivity contribution >= 4 is 5.91 Å². The third-order valence-corrected chi connectivity index (χ3v) is 5.11. The zero-order valence-electron chi connectivity index (χ0n) is 17.9. The normalized spacial score (nSPS) is 13.4. The minimum Gasteiger partial charge on any atom is -0.358 e. The lowest BCUT2D eigenvalue weighted by atomic mass is 9.99. The second kappa shape index (κ2) is 10.4. The summed E-state index contributed by atoms with van der Waals surface area (Å²) in [5.74, 6) is -0.190. The fraction of sp³-hybridized carbons (Fsp3) is 0.292. The van der Waals surface area contributed by atoms with E-state index < -0.39 is 17.9 Å². The highest BCUT2D eigenvalue weighted by Gasteiger charge is 2.32. The van der Waals surface area contributed by atoms with Crippen LogP contribution in [0.4, 0.5) is 13.2 Å². The van der Waals surface area contributed by atoms with E-state index in [1.165, 1.54) is 12.3 Å². The van der Waals surface area contributed by atoms with Crippen molar-refractivity contribution in [2.45, 2.75) is 38.0 Å². The summed E-state index contributed by atoms with van der Waals surface area (Å²) in [6, 6.07) is 16.5. The van der Waals surface area contributed by atoms with Crippen LogP contribution in [0.2, 0.25) is 0 Å². The Bertz CT molecular complexity index is 1020. The number of aryl methyl sites for hydroxylation is 2. The molecule has 8 heteroatoms. The predicted octanol–water partition coefficient (Wildman–Crippen LogP) is 4.55. The number of aromatic nitrogens is 2. The molecule has 0 aliphatic rings. The Hall–Kier alpha value is -3.26. The van der Waals surface area contributed by atoms with Crippen LogP contribution in [0.1, 0.15) is 46.7 Å². The molecule has 0 fully saturated rings. The quantitative estimate of drug-likeness (QED) is 0.537. The first-order chi connectivity index (χ1) is 15.3. The molecule has 0 saturated heterocycles. The highest BCUT2D eigenvalue weighted by Crippen LogP contribution is 2.28. The molecule has 3 aromatic rings. The van der Waals surface area contributed by atoms with Crippen molar-refractivity contribution in [3.05, 3.63) is 95.1 Å². The van der Waals surface area contributed by atoms with Crippen LogP contribution in [0.15, 0.2) is 66.9 Å². The number of halogens is 3. The zero-order chi connectivity index (χ0) is 23.1. The third-order valence-electron chi connectivity index (χ3n) is 5.11. The van der Waals surface area contributed by atoms with Crippen molar-refractivity contribution in [3.63, 3.8) is 0 Å². The lowest BCUT2D eigenvalue weighted by molar-refractivity contribution is -0.141. The van der Waals surface area contributed by atoms with Gasteiger partial charge in [0, 0.05) is 18.9 Å². The van der Waals surface area contributed by atoms with Gasteiger partial charge in [-0.1, -0.05) is 42.5 Å². The Balaban J connectivity index is 1.84. The Morgan fingerprint density at radius 2 is 1.78 bits per heavy atom. The Morgan fingerprint density at radius 3 is 2.38 bits per heavy atom. The monoisotopic (exact) mass is 442 g/mol. The van der Waals surface area contributed by atoms with Crippen LogP contribution in [0.3, 0.4) is 0 Å². The van der Waals surface area contributed by atoms with E-state index in [1.807, 2.05) is 55.5 Å². The molecule has 0 spiro atoms. The summed E-state index contributed by atoms with van der Waals surface area (Å²) in [6.07, 6.45) is -2.24. The first-order valence-electron chi connectivity index (χ1n) is 10.3. The SMILES string of the molecule is CNC(=O)[C@H](N[C@@H](CCc1ccc(C(F)(F)F)nc1)c1cccc(C)n1)c1ccccc1. The number of amides is 1. The first-order valence-corrected chi connectivity index (χ1v) is 10.3. The smallest absolute Gasteiger partial charge is 0.358 e. The van der Waals surface area contributed by atoms with Gasteiger partial charge in [0.05, 0.1) is 11.7 Å². The van der Waals surface area contributed by atoms with Crippen molar-refractivity contribution in [1.29, 1.82) is 0 Å². The van der Waals surface area contributed by atoms with Crippen molar-refractivity contribution in [3.8, 4) is 0 Å². The summed E-state index contributed by atoms with van der Waals surface area (Å²) in [6.45, 7) is 1.88. The molecule has 1 amide bonds. The van der Waals surface area contributed by atoms with Gasteiger partial charge in [0.2, 0.25) is 5.91 Å². The van der Waals surface area contributed by atoms with E-state index in [0.717, 1.165) is 23.0 Å². The maximum absolute atomic E-state index is 12.8. The number of benzene rings is 1. The van der Waals surface area contributed by atoms with Crippen LogP contribution in [0, 0.1) is 6.92 Å². The van der Waals surface area contributed by atoms with Gasteiger partial charge >= 0.3 is 6.18 Å². The molecule has 3 rings (SSSR count). The van der Waals surface area contributed by atoms with E-state index in [4.69, 9.17) is 0 Å². The number of pyridine rings is 2. The van der Waals surface area contributed by atoms with E-state index >= 15 is 0 Å². The molecular formula is C24H25F3N4O. The number of carbonyl (C=O) groups is 1. The van der Waals surface area contributed by atoms with Gasteiger partial charge in [0.1, 0.15) is 11.7 Å². The fourth-order valence-electron chi connectivity index (χ4n) is 3.44. The van der Waals surface area contributed by atoms with Crippen LogP contribution in [-0.4, -0.2) is 22.9 Å². The van der Waals surface area contributed by atoms with E-state index in [2.05, 4.69) is 20.6 Å². The number of hydrogen-bond acceptors (Lipinski definition) is 4. The largest absolute Gasteiger partial charge is 0.433 e. The van der Waals surface area contributed by atoms with E-state index in [0.29, 0.717) is 18.4 Å². The van der Waals surface area contributed by atoms with Crippen LogP contribution in [0.5, 0.6) is 0 Å². The van der Waals surface area contributed by atoms with E-state index in [-0.39, 0.29) is 11.9 Å². The standard InChI is InChI=1S/C24H25F3N4O/c1-16-7-6-10-19(30-16)20(13-11-17-12-14-21(29-15-17)24(25,26)27)31-22(23(32)28-2)18-8-4-3-5-9-18/h3-10,12,14-15,20,22,31H,11,13H2,1-2H3,(H,28,32)/t20-,22+/m0/s1. The molecule has 5 nitrogen and oxygen atoms in total. The summed E-state index contributed by atoms with van der Waals surface area (Å²) in [4.78, 5) is 20.8. The van der Waals surface area contributed by atoms with Gasteiger partial charge < -0.3 is 5.32 Å². The van der Waals surface area contributed by atoms with E-state index in [9.17, 15) is 18.0 Å². The number of likely N-dealkylation sites (N-methyl/N-ethyl adjacent to an activating group) is 1. The predicted molar refractivity (Wildman–Crippen MR) is 116 cm³/mol. The number of alkyl halides is 3. The second-order valence-electron chi connectivity index (χ2n) is 7.47. The van der Waals surface area contributed by atoms with Gasteiger partial charge in [-0.05, 0) is 49.1 Å². The number of carbonyl (C=O) groups excluding carboxylic acids is 1. The molecule has 2 N–H and O–H groups in total. The second-order valence-corrected chi connectivity index (χ2v) is 7.47. The zero-order valence-corrected chi connectivity index (χ0v) is 17.9. The third kappa shape index (κ3) is 6.13. The van der Waals surface area contributed by atoms with Crippen molar-refractivity contribution in [1.82, 2.24) is 20.6 Å². The Morgan fingerprint density at radius 1 is 1.03 bits per heavy atom. The number of nitrogens with one attached hydrogen (secondary N) is 2. The molecule has 0 bridgehead atoms. The lowest BCUT2D eigenvalue weighted by Crippen LogP contribution is -2.38. The van der Waals surface area contributed by atoms with Gasteiger partial charge in [-0.25, -0.2) is 0 Å². The maximum Gasteiger partial charge on any atom is 0.433 e. The Kier molecular flexibility index (Phi) is 7.58. The van der Waals surface area contributed by atoms with Gasteiger partial charge in [-0.15, -0.1) is 0 Å². The van der Waals surface area contributed by atoms with Gasteiger partial charge in [0.25, 0.3) is 0 Å². The van der Waals surface area contributed by atoms with Gasteiger partial charge in [-0.3, -0.25) is 20.1 Å². The summed E-state index contributed by atoms with van der Waals surface area (Å²) < 4.78 is 38.4. The minimum atomic E-state index is -4.47. The molecule has 2 atom stereocenters. The van der Waals surface area contributed by atoms with Crippen LogP contribution < -0.4 is 10.6 Å². The molecule has 0 unspecified atom stereocenters. The highest BCUT2D eigenvalue weighted by molar-refractivity contribution is 5.82. The molecule has 0 radical (unpaired) electrons. The number of hydrogen-bond donors (Lipinski definition) is 2. The molecule has 0 saturated carbocycles. The molecule has 1 aromatic carbocycles. The molecule has 2 aromatic heterocycles. The summed E-state index contributed by atoms with van der Waals surface area (Å²) >= 11 is 0. The maximum atomic E-state index is 12.8. The topological polar surface area (TPSA) is 66.9 Å². The van der Waals surface area contributed by atoms with Gasteiger partial charge in [0.15, 0.2) is 0 Å². The fourth-order valence-corrected chi connectivity index (χ4v) is 3.44. The van der Waals surface area contributed by atoms with Crippen molar-refractivity contribution in [2.24, 2.45) is 0 Å². The lowest BCUT2D eigenvalue weighted by Gasteiger charge is -2.25. The van der Waals surface area contributed by atoms with Crippen LogP contribution >= 0.6 is 0 Å². The molecule has 168 valence electrons. The molecule has 32 heavy (non-hydrogen) atoms. The van der Waals surface area contributed by atoms with Crippen LogP contribution in [-0.2, 0) is 17.4 Å². The van der Waals surface area contributed by atoms with Crippen molar-refractivity contribution < 1.29 is 18.0 Å². The van der Waals surface area contributed by atoms with Crippen LogP contribution in [0.25, 0.3) is 0 Å². The molecule has 2 heterocycles. The molecular weight excluding hydrogens is 417 g/mol. The number of rotatable bonds is 8. The highest BCUT2D eigenvalue weighted by atomic mass is 19.4. The Labute approximate surface area is 185 Å². The van der Waals surface area contributed by atoms with Crippen molar-refractivity contribution in [2.75, 3.05) is 7.05 Å². The summed E-state index contributed by atoms with van der Waals surface area (Å²) in [5, 5.41) is 6.08. The van der Waals surface area contributed by atoms with Gasteiger partial charge in [-0.2, -0.15) is 13.2 Å². The molecule has 0 aliphatic heterocycles. The molecule has 0 aliphatic carbocycles. The summed E-state index contributed by atoms with van der Waals surface area (Å²) in [5.41, 5.74) is 2.16. The minimum absolute atomic E-state index is 0.190. The average molecular weight is 442 g/mol. The van der Waals surface area contributed by atoms with E-state index in [1.54, 1.807) is 7.05 Å². The number of nitrogens with zero attached hydrogens (tertiary/aromatic N) is 2. The summed E-state index contributed by atoms with van der Waals surface area (Å²) in [7, 11) is 1.58.